The maximum absolute atomic E-state index is 6.26. The molecule has 0 aliphatic carbocycles. The number of benzene rings is 1. The van der Waals surface area contributed by atoms with Gasteiger partial charge in [0, 0.05) is 5.69 Å². The molecule has 0 radical (unpaired) electrons. The highest BCUT2D eigenvalue weighted by atomic mass is 35.5. The third-order valence-corrected chi connectivity index (χ3v) is 4.47. The number of hydrogen-bond donors (Lipinski definition) is 1. The van der Waals surface area contributed by atoms with E-state index in [1.54, 1.807) is 12.1 Å². The lowest BCUT2D eigenvalue weighted by Crippen LogP contribution is -2.23. The van der Waals surface area contributed by atoms with E-state index in [9.17, 15) is 0 Å². The Kier molecular flexibility index (Phi) is 2.68. The van der Waals surface area contributed by atoms with Crippen LogP contribution >= 0.6 is 11.6 Å². The minimum Gasteiger partial charge on any atom is -0.398 e. The highest BCUT2D eigenvalue weighted by Crippen LogP contribution is 2.43. The molecular formula is C13H14ClN5O. The Hall–Kier alpha value is -1.66. The lowest BCUT2D eigenvalue weighted by Gasteiger charge is -2.20. The molecular weight excluding hydrogens is 278 g/mol. The quantitative estimate of drug-likeness (QED) is 0.857. The Morgan fingerprint density at radius 1 is 1.35 bits per heavy atom. The van der Waals surface area contributed by atoms with Crippen LogP contribution in [0.4, 0.5) is 5.69 Å². The number of tetrazole rings is 1. The second-order valence-electron chi connectivity index (χ2n) is 5.33. The standard InChI is InChI=1S/C13H14ClN5O/c14-8-2-1-3-9(15)12(8)13-16-17-18-19(13)10-6-7-4-5-11(10)20-7/h1-3,7,10-11H,4-6,15H2. The molecule has 1 aromatic carbocycles. The van der Waals surface area contributed by atoms with Crippen LogP contribution in [-0.2, 0) is 4.74 Å². The van der Waals surface area contributed by atoms with Gasteiger partial charge >= 0.3 is 0 Å². The molecule has 2 bridgehead atoms. The number of nitrogens with zero attached hydrogens (tertiary/aromatic N) is 4. The molecule has 0 saturated carbocycles. The molecule has 6 nitrogen and oxygen atoms in total. The SMILES string of the molecule is Nc1cccc(Cl)c1-c1nnnn1C1CC2CCC1O2. The van der Waals surface area contributed by atoms with Gasteiger partial charge in [0.1, 0.15) is 0 Å². The fourth-order valence-corrected chi connectivity index (χ4v) is 3.49. The minimum atomic E-state index is 0.175. The summed E-state index contributed by atoms with van der Waals surface area (Å²) in [7, 11) is 0. The first-order valence-electron chi connectivity index (χ1n) is 6.71. The van der Waals surface area contributed by atoms with Gasteiger partial charge < -0.3 is 10.5 Å². The van der Waals surface area contributed by atoms with Crippen molar-refractivity contribution in [3.63, 3.8) is 0 Å². The predicted octanol–water partition coefficient (Wildman–Crippen LogP) is 2.07. The van der Waals surface area contributed by atoms with E-state index in [1.165, 1.54) is 0 Å². The van der Waals surface area contributed by atoms with E-state index in [0.29, 0.717) is 28.2 Å². The van der Waals surface area contributed by atoms with Crippen LogP contribution in [-0.4, -0.2) is 32.4 Å². The summed E-state index contributed by atoms with van der Waals surface area (Å²) in [5.74, 6) is 0.620. The summed E-state index contributed by atoms with van der Waals surface area (Å²) in [6, 6.07) is 5.59. The summed E-state index contributed by atoms with van der Waals surface area (Å²) >= 11 is 6.26. The number of halogens is 1. The van der Waals surface area contributed by atoms with Gasteiger partial charge in [-0.3, -0.25) is 0 Å². The fraction of sp³-hybridized carbons (Fsp3) is 0.462. The first-order valence-corrected chi connectivity index (χ1v) is 7.09. The predicted molar refractivity (Wildman–Crippen MR) is 74.2 cm³/mol. The molecule has 4 rings (SSSR count). The molecule has 2 N–H and O–H groups in total. The second-order valence-corrected chi connectivity index (χ2v) is 5.74. The molecule has 104 valence electrons. The molecule has 2 aliphatic heterocycles. The summed E-state index contributed by atoms with van der Waals surface area (Å²) in [5, 5.41) is 12.6. The highest BCUT2D eigenvalue weighted by Gasteiger charge is 2.43. The minimum absolute atomic E-state index is 0.175. The van der Waals surface area contributed by atoms with Crippen LogP contribution < -0.4 is 5.73 Å². The molecule has 1 aromatic heterocycles. The number of hydrogen-bond acceptors (Lipinski definition) is 5. The number of nitrogen functional groups attached to an aromatic ring is 1. The average molecular weight is 292 g/mol. The third kappa shape index (κ3) is 1.72. The van der Waals surface area contributed by atoms with E-state index in [-0.39, 0.29) is 12.1 Å². The molecule has 3 unspecified atom stereocenters. The van der Waals surface area contributed by atoms with Crippen molar-refractivity contribution in [2.75, 3.05) is 5.73 Å². The van der Waals surface area contributed by atoms with Crippen molar-refractivity contribution in [2.45, 2.75) is 37.5 Å². The highest BCUT2D eigenvalue weighted by molar-refractivity contribution is 6.33. The second kappa shape index (κ2) is 4.43. The van der Waals surface area contributed by atoms with E-state index in [1.807, 2.05) is 10.7 Å². The first-order chi connectivity index (χ1) is 9.74. The zero-order valence-corrected chi connectivity index (χ0v) is 11.5. The van der Waals surface area contributed by atoms with E-state index < -0.39 is 0 Å². The van der Waals surface area contributed by atoms with E-state index >= 15 is 0 Å². The lowest BCUT2D eigenvalue weighted by molar-refractivity contribution is 0.0922. The molecule has 2 aromatic rings. The summed E-state index contributed by atoms with van der Waals surface area (Å²) in [6.07, 6.45) is 3.68. The molecule has 0 amide bonds. The number of ether oxygens (including phenoxy) is 1. The number of fused-ring (bicyclic) bond motifs is 2. The van der Waals surface area contributed by atoms with E-state index in [2.05, 4.69) is 15.5 Å². The van der Waals surface area contributed by atoms with Gasteiger partial charge in [-0.1, -0.05) is 17.7 Å². The monoisotopic (exact) mass is 291 g/mol. The fourth-order valence-electron chi connectivity index (χ4n) is 3.23. The Balaban J connectivity index is 1.79. The molecule has 2 aliphatic rings. The smallest absolute Gasteiger partial charge is 0.185 e. The zero-order chi connectivity index (χ0) is 13.7. The Morgan fingerprint density at radius 3 is 2.95 bits per heavy atom. The van der Waals surface area contributed by atoms with Gasteiger partial charge in [-0.25, -0.2) is 4.68 Å². The third-order valence-electron chi connectivity index (χ3n) is 4.15. The molecule has 0 spiro atoms. The Bertz CT molecular complexity index is 638. The van der Waals surface area contributed by atoms with Crippen molar-refractivity contribution >= 4 is 17.3 Å². The van der Waals surface area contributed by atoms with Crippen LogP contribution in [0.5, 0.6) is 0 Å². The topological polar surface area (TPSA) is 78.9 Å². The zero-order valence-electron chi connectivity index (χ0n) is 10.7. The van der Waals surface area contributed by atoms with Crippen LogP contribution in [0.2, 0.25) is 5.02 Å². The van der Waals surface area contributed by atoms with Gasteiger partial charge in [0.25, 0.3) is 0 Å². The number of nitrogens with two attached hydrogens (primary N) is 1. The Labute approximate surface area is 120 Å². The Morgan fingerprint density at radius 2 is 2.25 bits per heavy atom. The molecule has 20 heavy (non-hydrogen) atoms. The number of anilines is 1. The van der Waals surface area contributed by atoms with Gasteiger partial charge in [0.15, 0.2) is 5.82 Å². The number of aromatic nitrogens is 4. The average Bonchev–Trinajstić information content (AvgIpc) is 3.14. The molecule has 2 saturated heterocycles. The van der Waals surface area contributed by atoms with Gasteiger partial charge in [0.05, 0.1) is 28.8 Å². The van der Waals surface area contributed by atoms with Gasteiger partial charge in [0.2, 0.25) is 0 Å². The van der Waals surface area contributed by atoms with Crippen molar-refractivity contribution in [1.82, 2.24) is 20.2 Å². The van der Waals surface area contributed by atoms with Crippen LogP contribution in [0.25, 0.3) is 11.4 Å². The summed E-state index contributed by atoms with van der Waals surface area (Å²) in [4.78, 5) is 0. The van der Waals surface area contributed by atoms with Crippen LogP contribution in [0.15, 0.2) is 18.2 Å². The molecule has 7 heteroatoms. The van der Waals surface area contributed by atoms with Crippen molar-refractivity contribution in [2.24, 2.45) is 0 Å². The van der Waals surface area contributed by atoms with Crippen LogP contribution in [0, 0.1) is 0 Å². The van der Waals surface area contributed by atoms with E-state index in [4.69, 9.17) is 22.1 Å². The first kappa shape index (κ1) is 12.1. The summed E-state index contributed by atoms with van der Waals surface area (Å²) < 4.78 is 7.70. The lowest BCUT2D eigenvalue weighted by atomic mass is 9.95. The van der Waals surface area contributed by atoms with Crippen LogP contribution in [0.3, 0.4) is 0 Å². The van der Waals surface area contributed by atoms with Gasteiger partial charge in [-0.2, -0.15) is 0 Å². The van der Waals surface area contributed by atoms with Crippen molar-refractivity contribution in [1.29, 1.82) is 0 Å². The molecule has 3 heterocycles. The largest absolute Gasteiger partial charge is 0.398 e. The van der Waals surface area contributed by atoms with E-state index in [0.717, 1.165) is 19.3 Å². The maximum Gasteiger partial charge on any atom is 0.185 e. The van der Waals surface area contributed by atoms with Crippen molar-refractivity contribution < 1.29 is 4.74 Å². The summed E-state index contributed by atoms with van der Waals surface area (Å²) in [5.41, 5.74) is 7.31. The van der Waals surface area contributed by atoms with Crippen LogP contribution in [0.1, 0.15) is 25.3 Å². The van der Waals surface area contributed by atoms with Crippen molar-refractivity contribution in [3.8, 4) is 11.4 Å². The van der Waals surface area contributed by atoms with Gasteiger partial charge in [-0.05, 0) is 41.8 Å². The normalized spacial score (nSPS) is 28.1. The maximum atomic E-state index is 6.26. The van der Waals surface area contributed by atoms with Gasteiger partial charge in [-0.15, -0.1) is 5.10 Å². The molecule has 2 fully saturated rings. The molecule has 3 atom stereocenters. The summed E-state index contributed by atoms with van der Waals surface area (Å²) in [6.45, 7) is 0. The number of rotatable bonds is 2. The van der Waals surface area contributed by atoms with Crippen molar-refractivity contribution in [3.05, 3.63) is 23.2 Å².